The highest BCUT2D eigenvalue weighted by Crippen LogP contribution is 2.16. The van der Waals surface area contributed by atoms with Crippen LogP contribution < -0.4 is 10.9 Å². The van der Waals surface area contributed by atoms with Gasteiger partial charge in [0.05, 0.1) is 22.2 Å². The SMILES string of the molecule is O=C(Cn1cnc2ccc(Cl)cc2c1=O)Nc1ccc([N+](=O)[O-])cc1. The lowest BCUT2D eigenvalue weighted by molar-refractivity contribution is -0.384. The van der Waals surface area contributed by atoms with Gasteiger partial charge in [-0.3, -0.25) is 24.3 Å². The summed E-state index contributed by atoms with van der Waals surface area (Å²) in [4.78, 5) is 38.7. The van der Waals surface area contributed by atoms with Gasteiger partial charge in [-0.15, -0.1) is 0 Å². The first-order chi connectivity index (χ1) is 11.9. The van der Waals surface area contributed by atoms with Crippen molar-refractivity contribution in [3.63, 3.8) is 0 Å². The van der Waals surface area contributed by atoms with E-state index in [4.69, 9.17) is 11.6 Å². The van der Waals surface area contributed by atoms with E-state index in [0.29, 0.717) is 21.6 Å². The lowest BCUT2D eigenvalue weighted by atomic mass is 10.2. The Balaban J connectivity index is 1.79. The second-order valence-electron chi connectivity index (χ2n) is 5.19. The number of fused-ring (bicyclic) bond motifs is 1. The molecule has 0 saturated heterocycles. The number of nitrogens with zero attached hydrogens (tertiary/aromatic N) is 3. The maximum absolute atomic E-state index is 12.4. The summed E-state index contributed by atoms with van der Waals surface area (Å²) >= 11 is 5.89. The monoisotopic (exact) mass is 358 g/mol. The van der Waals surface area contributed by atoms with E-state index in [1.165, 1.54) is 41.2 Å². The Morgan fingerprint density at radius 2 is 1.96 bits per heavy atom. The maximum atomic E-state index is 12.4. The van der Waals surface area contributed by atoms with Crippen molar-refractivity contribution < 1.29 is 9.72 Å². The summed E-state index contributed by atoms with van der Waals surface area (Å²) in [6, 6.07) is 10.1. The lowest BCUT2D eigenvalue weighted by Gasteiger charge is -2.08. The first-order valence-corrected chi connectivity index (χ1v) is 7.51. The summed E-state index contributed by atoms with van der Waals surface area (Å²) < 4.78 is 1.17. The fourth-order valence-corrected chi connectivity index (χ4v) is 2.44. The van der Waals surface area contributed by atoms with Gasteiger partial charge in [0.2, 0.25) is 5.91 Å². The second-order valence-corrected chi connectivity index (χ2v) is 5.63. The summed E-state index contributed by atoms with van der Waals surface area (Å²) in [5.74, 6) is -0.459. The molecule has 8 nitrogen and oxygen atoms in total. The predicted molar refractivity (Wildman–Crippen MR) is 92.7 cm³/mol. The molecule has 0 saturated carbocycles. The number of hydrogen-bond acceptors (Lipinski definition) is 5. The van der Waals surface area contributed by atoms with Crippen molar-refractivity contribution in [2.45, 2.75) is 6.54 Å². The molecule has 0 aliphatic heterocycles. The minimum Gasteiger partial charge on any atom is -0.325 e. The molecular formula is C16H11ClN4O4. The molecule has 2 aromatic carbocycles. The number of nitrogens with one attached hydrogen (secondary N) is 1. The van der Waals surface area contributed by atoms with Gasteiger partial charge in [0.1, 0.15) is 6.54 Å². The van der Waals surface area contributed by atoms with E-state index in [2.05, 4.69) is 10.3 Å². The molecule has 3 rings (SSSR count). The summed E-state index contributed by atoms with van der Waals surface area (Å²) in [6.07, 6.45) is 1.29. The molecule has 0 aliphatic carbocycles. The van der Waals surface area contributed by atoms with E-state index in [0.717, 1.165) is 0 Å². The highest BCUT2D eigenvalue weighted by Gasteiger charge is 2.10. The average Bonchev–Trinajstić information content (AvgIpc) is 2.58. The Morgan fingerprint density at radius 1 is 1.24 bits per heavy atom. The number of hydrogen-bond donors (Lipinski definition) is 1. The van der Waals surface area contributed by atoms with Gasteiger partial charge in [-0.1, -0.05) is 11.6 Å². The lowest BCUT2D eigenvalue weighted by Crippen LogP contribution is -2.27. The van der Waals surface area contributed by atoms with E-state index in [1.807, 2.05) is 0 Å². The van der Waals surface area contributed by atoms with Crippen molar-refractivity contribution in [3.8, 4) is 0 Å². The fourth-order valence-electron chi connectivity index (χ4n) is 2.27. The van der Waals surface area contributed by atoms with Crippen molar-refractivity contribution >= 4 is 39.8 Å². The molecule has 0 aliphatic rings. The van der Waals surface area contributed by atoms with Gasteiger partial charge in [-0.25, -0.2) is 4.98 Å². The Kier molecular flexibility index (Phi) is 4.44. The van der Waals surface area contributed by atoms with Crippen LogP contribution in [0.4, 0.5) is 11.4 Å². The smallest absolute Gasteiger partial charge is 0.269 e. The predicted octanol–water partition coefficient (Wildman–Crippen LogP) is 2.60. The van der Waals surface area contributed by atoms with Crippen LogP contribution in [-0.4, -0.2) is 20.4 Å². The molecule has 9 heteroatoms. The molecule has 25 heavy (non-hydrogen) atoms. The summed E-state index contributed by atoms with van der Waals surface area (Å²) in [5, 5.41) is 13.9. The number of nitro groups is 1. The maximum Gasteiger partial charge on any atom is 0.269 e. The van der Waals surface area contributed by atoms with Crippen LogP contribution in [-0.2, 0) is 11.3 Å². The zero-order valence-electron chi connectivity index (χ0n) is 12.7. The number of non-ortho nitro benzene ring substituents is 1. The van der Waals surface area contributed by atoms with E-state index in [1.54, 1.807) is 12.1 Å². The second kappa shape index (κ2) is 6.70. The molecular weight excluding hydrogens is 348 g/mol. The third-order valence-corrected chi connectivity index (χ3v) is 3.70. The summed E-state index contributed by atoms with van der Waals surface area (Å²) in [5.41, 5.74) is 0.415. The highest BCUT2D eigenvalue weighted by molar-refractivity contribution is 6.31. The number of aromatic nitrogens is 2. The molecule has 0 radical (unpaired) electrons. The molecule has 0 fully saturated rings. The Bertz CT molecular complexity index is 1030. The third kappa shape index (κ3) is 3.64. The number of rotatable bonds is 4. The minimum atomic E-state index is -0.531. The molecule has 0 spiro atoms. The van der Waals surface area contributed by atoms with Gasteiger partial charge < -0.3 is 5.32 Å². The molecule has 1 amide bonds. The molecule has 3 aromatic rings. The number of nitro benzene ring substituents is 1. The van der Waals surface area contributed by atoms with E-state index >= 15 is 0 Å². The molecule has 126 valence electrons. The zero-order chi connectivity index (χ0) is 18.0. The third-order valence-electron chi connectivity index (χ3n) is 3.46. The number of benzene rings is 2. The molecule has 1 aromatic heterocycles. The molecule has 1 N–H and O–H groups in total. The van der Waals surface area contributed by atoms with Gasteiger partial charge in [0, 0.05) is 22.8 Å². The molecule has 0 unspecified atom stereocenters. The average molecular weight is 359 g/mol. The summed E-state index contributed by atoms with van der Waals surface area (Å²) in [6.45, 7) is -0.245. The molecule has 0 atom stereocenters. The molecule has 0 bridgehead atoms. The number of amides is 1. The number of anilines is 1. The largest absolute Gasteiger partial charge is 0.325 e. The number of carbonyl (C=O) groups is 1. The fraction of sp³-hybridized carbons (Fsp3) is 0.0625. The topological polar surface area (TPSA) is 107 Å². The standard InChI is InChI=1S/C16H11ClN4O4/c17-10-1-6-14-13(7-10)16(23)20(9-18-14)8-15(22)19-11-2-4-12(5-3-11)21(24)25/h1-7,9H,8H2,(H,19,22). The van der Waals surface area contributed by atoms with Crippen LogP contribution in [0.2, 0.25) is 5.02 Å². The van der Waals surface area contributed by atoms with Crippen molar-refractivity contribution in [1.29, 1.82) is 0 Å². The Labute approximate surface area is 145 Å². The van der Waals surface area contributed by atoms with Crippen LogP contribution in [0.15, 0.2) is 53.6 Å². The van der Waals surface area contributed by atoms with Crippen LogP contribution in [0.3, 0.4) is 0 Å². The van der Waals surface area contributed by atoms with Gasteiger partial charge in [0.25, 0.3) is 11.2 Å². The minimum absolute atomic E-state index is 0.0789. The highest BCUT2D eigenvalue weighted by atomic mass is 35.5. The van der Waals surface area contributed by atoms with Crippen LogP contribution in [0, 0.1) is 10.1 Å². The van der Waals surface area contributed by atoms with Crippen molar-refractivity contribution in [1.82, 2.24) is 9.55 Å². The van der Waals surface area contributed by atoms with Crippen molar-refractivity contribution in [2.24, 2.45) is 0 Å². The van der Waals surface area contributed by atoms with Crippen LogP contribution in [0.25, 0.3) is 10.9 Å². The van der Waals surface area contributed by atoms with E-state index in [-0.39, 0.29) is 17.8 Å². The Morgan fingerprint density at radius 3 is 2.64 bits per heavy atom. The Hall–Kier alpha value is -3.26. The van der Waals surface area contributed by atoms with Gasteiger partial charge >= 0.3 is 0 Å². The number of halogens is 1. The summed E-state index contributed by atoms with van der Waals surface area (Å²) in [7, 11) is 0. The van der Waals surface area contributed by atoms with Crippen LogP contribution in [0.5, 0.6) is 0 Å². The van der Waals surface area contributed by atoms with E-state index in [9.17, 15) is 19.7 Å². The first kappa shape index (κ1) is 16.6. The van der Waals surface area contributed by atoms with Gasteiger partial charge in [-0.2, -0.15) is 0 Å². The van der Waals surface area contributed by atoms with Gasteiger partial charge in [-0.05, 0) is 30.3 Å². The zero-order valence-corrected chi connectivity index (χ0v) is 13.4. The molecule has 1 heterocycles. The normalized spacial score (nSPS) is 10.6. The number of carbonyl (C=O) groups excluding carboxylic acids is 1. The van der Waals surface area contributed by atoms with Gasteiger partial charge in [0.15, 0.2) is 0 Å². The van der Waals surface area contributed by atoms with Crippen LogP contribution >= 0.6 is 11.6 Å². The van der Waals surface area contributed by atoms with Crippen molar-refractivity contribution in [2.75, 3.05) is 5.32 Å². The first-order valence-electron chi connectivity index (χ1n) is 7.13. The van der Waals surface area contributed by atoms with Crippen molar-refractivity contribution in [3.05, 3.63) is 74.3 Å². The quantitative estimate of drug-likeness (QED) is 0.569. The van der Waals surface area contributed by atoms with E-state index < -0.39 is 10.8 Å². The van der Waals surface area contributed by atoms with Crippen LogP contribution in [0.1, 0.15) is 0 Å².